The van der Waals surface area contributed by atoms with Crippen molar-refractivity contribution in [1.29, 1.82) is 0 Å². The minimum Gasteiger partial charge on any atom is -0.305 e. The number of amides is 3. The molecular formula is C13H13ClN4O2. The van der Waals surface area contributed by atoms with Crippen LogP contribution in [0.5, 0.6) is 0 Å². The van der Waals surface area contributed by atoms with Gasteiger partial charge in [-0.2, -0.15) is 0 Å². The Morgan fingerprint density at radius 2 is 2.10 bits per heavy atom. The second kappa shape index (κ2) is 4.49. The van der Waals surface area contributed by atoms with Crippen LogP contribution in [0.1, 0.15) is 11.3 Å². The standard InChI is InChI=1S/C13H13ClN4O2/c1-8-3-10(18-7-11(19)16(2)13(18)20)12-15-9(4-14)6-17(12)5-8/h3,5-6H,4,7H2,1-2H3. The highest BCUT2D eigenvalue weighted by Crippen LogP contribution is 2.26. The van der Waals surface area contributed by atoms with Gasteiger partial charge < -0.3 is 4.40 Å². The molecule has 3 heterocycles. The van der Waals surface area contributed by atoms with Gasteiger partial charge in [0.15, 0.2) is 5.65 Å². The molecule has 3 amide bonds. The molecule has 1 saturated heterocycles. The number of urea groups is 1. The van der Waals surface area contributed by atoms with Gasteiger partial charge in [-0.05, 0) is 18.6 Å². The first-order valence-corrected chi connectivity index (χ1v) is 6.67. The number of carbonyl (C=O) groups is 2. The molecule has 2 aromatic rings. The van der Waals surface area contributed by atoms with E-state index in [2.05, 4.69) is 4.98 Å². The fourth-order valence-electron chi connectivity index (χ4n) is 2.32. The van der Waals surface area contributed by atoms with Crippen LogP contribution in [0.2, 0.25) is 0 Å². The molecule has 7 heteroatoms. The SMILES string of the molecule is Cc1cc(N2CC(=O)N(C)C2=O)c2nc(CCl)cn2c1. The van der Waals surface area contributed by atoms with Gasteiger partial charge in [-0.3, -0.25) is 14.6 Å². The van der Waals surface area contributed by atoms with Crippen molar-refractivity contribution >= 4 is 34.9 Å². The first-order valence-electron chi connectivity index (χ1n) is 6.13. The summed E-state index contributed by atoms with van der Waals surface area (Å²) in [6, 6.07) is 1.52. The Labute approximate surface area is 120 Å². The van der Waals surface area contributed by atoms with Gasteiger partial charge in [-0.15, -0.1) is 11.6 Å². The molecule has 0 aliphatic carbocycles. The first-order chi connectivity index (χ1) is 9.51. The maximum atomic E-state index is 12.1. The maximum absolute atomic E-state index is 12.1. The molecule has 20 heavy (non-hydrogen) atoms. The molecular weight excluding hydrogens is 280 g/mol. The average molecular weight is 293 g/mol. The number of anilines is 1. The molecule has 0 unspecified atom stereocenters. The van der Waals surface area contributed by atoms with E-state index in [1.54, 1.807) is 0 Å². The van der Waals surface area contributed by atoms with Crippen LogP contribution < -0.4 is 4.90 Å². The lowest BCUT2D eigenvalue weighted by Gasteiger charge is -2.16. The van der Waals surface area contributed by atoms with Crippen LogP contribution in [0.25, 0.3) is 5.65 Å². The number of pyridine rings is 1. The van der Waals surface area contributed by atoms with Crippen molar-refractivity contribution in [2.45, 2.75) is 12.8 Å². The molecule has 0 atom stereocenters. The van der Waals surface area contributed by atoms with Gasteiger partial charge in [0.2, 0.25) is 5.91 Å². The third-order valence-electron chi connectivity index (χ3n) is 3.33. The molecule has 104 valence electrons. The number of nitrogens with zero attached hydrogens (tertiary/aromatic N) is 4. The second-order valence-electron chi connectivity index (χ2n) is 4.82. The highest BCUT2D eigenvalue weighted by molar-refractivity contribution is 6.17. The van der Waals surface area contributed by atoms with Crippen molar-refractivity contribution in [2.24, 2.45) is 0 Å². The van der Waals surface area contributed by atoms with Gasteiger partial charge in [-0.1, -0.05) is 0 Å². The van der Waals surface area contributed by atoms with Crippen LogP contribution >= 0.6 is 11.6 Å². The zero-order chi connectivity index (χ0) is 14.4. The predicted octanol–water partition coefficient (Wildman–Crippen LogP) is 1.78. The van der Waals surface area contributed by atoms with Crippen LogP contribution in [0.4, 0.5) is 10.5 Å². The number of aryl methyl sites for hydroxylation is 1. The van der Waals surface area contributed by atoms with Gasteiger partial charge in [-0.25, -0.2) is 9.78 Å². The van der Waals surface area contributed by atoms with E-state index in [-0.39, 0.29) is 18.5 Å². The van der Waals surface area contributed by atoms with E-state index in [1.807, 2.05) is 29.8 Å². The van der Waals surface area contributed by atoms with Crippen LogP contribution in [0.15, 0.2) is 18.5 Å². The van der Waals surface area contributed by atoms with Gasteiger partial charge in [0.1, 0.15) is 6.54 Å². The lowest BCUT2D eigenvalue weighted by atomic mass is 10.2. The van der Waals surface area contributed by atoms with Gasteiger partial charge in [0.25, 0.3) is 0 Å². The van der Waals surface area contributed by atoms with Crippen LogP contribution in [0.3, 0.4) is 0 Å². The third kappa shape index (κ3) is 1.84. The summed E-state index contributed by atoms with van der Waals surface area (Å²) in [6.07, 6.45) is 3.74. The predicted molar refractivity (Wildman–Crippen MR) is 75.0 cm³/mol. The number of hydrogen-bond acceptors (Lipinski definition) is 3. The average Bonchev–Trinajstić information content (AvgIpc) is 2.94. The number of imidazole rings is 1. The Morgan fingerprint density at radius 1 is 1.35 bits per heavy atom. The molecule has 0 radical (unpaired) electrons. The van der Waals surface area contributed by atoms with Crippen molar-refractivity contribution in [1.82, 2.24) is 14.3 Å². The van der Waals surface area contributed by atoms with Crippen molar-refractivity contribution in [2.75, 3.05) is 18.5 Å². The fraction of sp³-hybridized carbons (Fsp3) is 0.308. The normalized spacial score (nSPS) is 15.8. The molecule has 6 nitrogen and oxygen atoms in total. The van der Waals surface area contributed by atoms with Gasteiger partial charge in [0.05, 0.1) is 17.3 Å². The number of fused-ring (bicyclic) bond motifs is 1. The number of aromatic nitrogens is 2. The summed E-state index contributed by atoms with van der Waals surface area (Å²) in [7, 11) is 1.48. The Kier molecular flexibility index (Phi) is 2.90. The Hall–Kier alpha value is -2.08. The molecule has 2 aromatic heterocycles. The molecule has 0 N–H and O–H groups in total. The van der Waals surface area contributed by atoms with E-state index in [0.29, 0.717) is 17.2 Å². The van der Waals surface area contributed by atoms with Crippen LogP contribution in [-0.4, -0.2) is 39.8 Å². The topological polar surface area (TPSA) is 57.9 Å². The smallest absolute Gasteiger partial charge is 0.305 e. The third-order valence-corrected chi connectivity index (χ3v) is 3.61. The Balaban J connectivity index is 2.18. The summed E-state index contributed by atoms with van der Waals surface area (Å²) in [4.78, 5) is 30.7. The molecule has 0 saturated carbocycles. The van der Waals surface area contributed by atoms with Crippen LogP contribution in [-0.2, 0) is 10.7 Å². The van der Waals surface area contributed by atoms with E-state index in [9.17, 15) is 9.59 Å². The molecule has 1 fully saturated rings. The quantitative estimate of drug-likeness (QED) is 0.626. The summed E-state index contributed by atoms with van der Waals surface area (Å²) in [5, 5.41) is 0. The lowest BCUT2D eigenvalue weighted by Crippen LogP contribution is -2.30. The van der Waals surface area contributed by atoms with E-state index in [0.717, 1.165) is 16.2 Å². The van der Waals surface area contributed by atoms with E-state index < -0.39 is 0 Å². The highest BCUT2D eigenvalue weighted by Gasteiger charge is 2.35. The lowest BCUT2D eigenvalue weighted by molar-refractivity contribution is -0.123. The minimum absolute atomic E-state index is 0.0392. The largest absolute Gasteiger partial charge is 0.331 e. The number of likely N-dealkylation sites (N-methyl/N-ethyl adjacent to an activating group) is 1. The van der Waals surface area contributed by atoms with Gasteiger partial charge in [0, 0.05) is 19.4 Å². The van der Waals surface area contributed by atoms with Crippen LogP contribution in [0, 0.1) is 6.92 Å². The molecule has 1 aliphatic heterocycles. The monoisotopic (exact) mass is 292 g/mol. The van der Waals surface area contributed by atoms with Crippen molar-refractivity contribution in [3.05, 3.63) is 29.7 Å². The Bertz CT molecular complexity index is 724. The first kappa shape index (κ1) is 12.9. The minimum atomic E-state index is -0.335. The van der Waals surface area contributed by atoms with E-state index in [4.69, 9.17) is 11.6 Å². The van der Waals surface area contributed by atoms with Crippen molar-refractivity contribution in [3.8, 4) is 0 Å². The summed E-state index contributed by atoms with van der Waals surface area (Å²) >= 11 is 5.81. The molecule has 0 bridgehead atoms. The number of hydrogen-bond donors (Lipinski definition) is 0. The maximum Gasteiger partial charge on any atom is 0.331 e. The molecule has 1 aliphatic rings. The fourth-order valence-corrected chi connectivity index (χ4v) is 2.45. The summed E-state index contributed by atoms with van der Waals surface area (Å²) in [5.41, 5.74) is 2.96. The summed E-state index contributed by atoms with van der Waals surface area (Å²) in [5.74, 6) is 0.0752. The number of carbonyl (C=O) groups excluding carboxylic acids is 2. The highest BCUT2D eigenvalue weighted by atomic mass is 35.5. The number of imide groups is 1. The zero-order valence-corrected chi connectivity index (χ0v) is 11.9. The number of halogens is 1. The van der Waals surface area contributed by atoms with E-state index >= 15 is 0 Å². The van der Waals surface area contributed by atoms with Crippen molar-refractivity contribution < 1.29 is 9.59 Å². The molecule has 0 spiro atoms. The number of alkyl halides is 1. The molecule has 0 aromatic carbocycles. The summed E-state index contributed by atoms with van der Waals surface area (Å²) < 4.78 is 1.83. The summed E-state index contributed by atoms with van der Waals surface area (Å²) in [6.45, 7) is 1.97. The Morgan fingerprint density at radius 3 is 2.70 bits per heavy atom. The van der Waals surface area contributed by atoms with Gasteiger partial charge >= 0.3 is 6.03 Å². The van der Waals surface area contributed by atoms with Crippen molar-refractivity contribution in [3.63, 3.8) is 0 Å². The number of rotatable bonds is 2. The molecule has 3 rings (SSSR count). The van der Waals surface area contributed by atoms with E-state index in [1.165, 1.54) is 11.9 Å². The second-order valence-corrected chi connectivity index (χ2v) is 5.09. The zero-order valence-electron chi connectivity index (χ0n) is 11.1.